The van der Waals surface area contributed by atoms with Crippen LogP contribution in [0.25, 0.3) is 0 Å². The molecule has 0 radical (unpaired) electrons. The number of aromatic nitrogens is 2. The van der Waals surface area contributed by atoms with E-state index < -0.39 is 47.9 Å². The Morgan fingerprint density at radius 2 is 1.59 bits per heavy atom. The molecule has 15 heteroatoms. The monoisotopic (exact) mass is 552 g/mol. The summed E-state index contributed by atoms with van der Waals surface area (Å²) in [5.74, 6) is -2.98. The van der Waals surface area contributed by atoms with Gasteiger partial charge >= 0.3 is 5.97 Å². The minimum atomic E-state index is -1.20. The highest BCUT2D eigenvalue weighted by Crippen LogP contribution is 2.08. The van der Waals surface area contributed by atoms with Crippen molar-refractivity contribution < 1.29 is 24.3 Å². The number of nitrogens with zero attached hydrogens (tertiary/aromatic N) is 2. The van der Waals surface area contributed by atoms with E-state index in [9.17, 15) is 24.3 Å². The second-order valence-corrected chi connectivity index (χ2v) is 9.77. The molecule has 0 spiro atoms. The van der Waals surface area contributed by atoms with Crippen LogP contribution in [0.4, 0.5) is 0 Å². The van der Waals surface area contributed by atoms with Crippen molar-refractivity contribution in [1.29, 1.82) is 0 Å². The van der Waals surface area contributed by atoms with Gasteiger partial charge in [-0.05, 0) is 51.0 Å². The van der Waals surface area contributed by atoms with Gasteiger partial charge in [-0.3, -0.25) is 19.4 Å². The first-order valence-corrected chi connectivity index (χ1v) is 13.1. The number of hydrogen-bond acceptors (Lipinski definition) is 8. The number of amides is 3. The highest BCUT2D eigenvalue weighted by Gasteiger charge is 2.30. The number of carbonyl (C=O) groups is 4. The van der Waals surface area contributed by atoms with Crippen LogP contribution in [-0.4, -0.2) is 82.0 Å². The number of aromatic amines is 1. The van der Waals surface area contributed by atoms with Crippen LogP contribution >= 0.6 is 0 Å². The van der Waals surface area contributed by atoms with Gasteiger partial charge in [0.2, 0.25) is 17.7 Å². The number of guanidine groups is 1. The number of aliphatic carboxylic acids is 1. The zero-order valence-electron chi connectivity index (χ0n) is 22.7. The van der Waals surface area contributed by atoms with Crippen molar-refractivity contribution in [3.8, 4) is 0 Å². The molecule has 15 nitrogen and oxygen atoms in total. The number of nitrogens with one attached hydrogen (secondary N) is 4. The van der Waals surface area contributed by atoms with Gasteiger partial charge in [0.05, 0.1) is 12.4 Å². The number of carboxylic acids is 1. The minimum Gasteiger partial charge on any atom is -0.480 e. The number of hydrogen-bond donors (Lipinski definition) is 9. The van der Waals surface area contributed by atoms with Crippen LogP contribution in [0.5, 0.6) is 0 Å². The molecule has 0 fully saturated rings. The molecule has 0 saturated carbocycles. The molecule has 4 atom stereocenters. The predicted octanol–water partition coefficient (Wildman–Crippen LogP) is -1.95. The molecule has 4 unspecified atom stereocenters. The van der Waals surface area contributed by atoms with E-state index in [1.165, 1.54) is 12.5 Å². The Morgan fingerprint density at radius 3 is 2.15 bits per heavy atom. The summed E-state index contributed by atoms with van der Waals surface area (Å²) >= 11 is 0. The molecule has 1 aromatic heterocycles. The van der Waals surface area contributed by atoms with E-state index in [1.54, 1.807) is 0 Å². The third kappa shape index (κ3) is 13.6. The summed E-state index contributed by atoms with van der Waals surface area (Å²) in [6.45, 7) is 4.47. The summed E-state index contributed by atoms with van der Waals surface area (Å²) in [5.41, 5.74) is 22.7. The Kier molecular flexibility index (Phi) is 15.1. The van der Waals surface area contributed by atoms with Crippen LogP contribution in [0.2, 0.25) is 0 Å². The van der Waals surface area contributed by atoms with E-state index in [-0.39, 0.29) is 37.7 Å². The second-order valence-electron chi connectivity index (χ2n) is 9.77. The number of H-pyrrole nitrogens is 1. The first kappa shape index (κ1) is 33.3. The van der Waals surface area contributed by atoms with E-state index in [1.807, 2.05) is 13.8 Å². The van der Waals surface area contributed by atoms with Gasteiger partial charge in [-0.2, -0.15) is 0 Å². The maximum atomic E-state index is 13.3. The van der Waals surface area contributed by atoms with Crippen molar-refractivity contribution in [1.82, 2.24) is 25.9 Å². The Morgan fingerprint density at radius 1 is 0.974 bits per heavy atom. The molecule has 13 N–H and O–H groups in total. The number of carboxylic acid groups (broad SMARTS) is 1. The third-order valence-corrected chi connectivity index (χ3v) is 5.81. The first-order chi connectivity index (χ1) is 18.4. The molecule has 220 valence electrons. The summed E-state index contributed by atoms with van der Waals surface area (Å²) in [6.07, 6.45) is 5.14. The maximum Gasteiger partial charge on any atom is 0.326 e. The third-order valence-electron chi connectivity index (χ3n) is 5.81. The summed E-state index contributed by atoms with van der Waals surface area (Å²) in [4.78, 5) is 61.6. The predicted molar refractivity (Wildman–Crippen MR) is 146 cm³/mol. The largest absolute Gasteiger partial charge is 0.480 e. The molecule has 0 bridgehead atoms. The van der Waals surface area contributed by atoms with E-state index in [2.05, 4.69) is 30.9 Å². The number of rotatable bonds is 19. The molecule has 1 heterocycles. The normalized spacial score (nSPS) is 14.1. The molecule has 0 aliphatic rings. The standard InChI is InChI=1S/C24H44N10O5/c1-14(2)10-16(26)20(35)32-17(7-5-9-30-24(27)28)21(36)34-19(11-15-12-29-13-31-15)22(37)33-18(23(38)39)6-3-4-8-25/h12-14,16-19H,3-11,25-26H2,1-2H3,(H,29,31)(H,32,35)(H,33,37)(H,34,36)(H,38,39)(H4,27,28,30). The first-order valence-electron chi connectivity index (χ1n) is 13.1. The lowest BCUT2D eigenvalue weighted by Gasteiger charge is -2.25. The number of imidazole rings is 1. The summed E-state index contributed by atoms with van der Waals surface area (Å²) < 4.78 is 0. The molecule has 39 heavy (non-hydrogen) atoms. The average Bonchev–Trinajstić information content (AvgIpc) is 3.37. The lowest BCUT2D eigenvalue weighted by atomic mass is 10.0. The van der Waals surface area contributed by atoms with E-state index in [4.69, 9.17) is 22.9 Å². The molecular weight excluding hydrogens is 508 g/mol. The lowest BCUT2D eigenvalue weighted by Crippen LogP contribution is -2.57. The van der Waals surface area contributed by atoms with Gasteiger partial charge in [-0.1, -0.05) is 13.8 Å². The molecule has 0 saturated heterocycles. The fourth-order valence-corrected chi connectivity index (χ4v) is 3.79. The van der Waals surface area contributed by atoms with E-state index >= 15 is 0 Å². The van der Waals surface area contributed by atoms with Gasteiger partial charge in [-0.25, -0.2) is 9.78 Å². The Balaban J connectivity index is 3.08. The molecule has 0 aliphatic carbocycles. The highest BCUT2D eigenvalue weighted by atomic mass is 16.4. The molecular formula is C24H44N10O5. The molecule has 3 amide bonds. The highest BCUT2D eigenvalue weighted by molar-refractivity contribution is 5.94. The van der Waals surface area contributed by atoms with Crippen molar-refractivity contribution in [3.63, 3.8) is 0 Å². The van der Waals surface area contributed by atoms with Crippen LogP contribution in [0.15, 0.2) is 17.5 Å². The van der Waals surface area contributed by atoms with Crippen LogP contribution in [-0.2, 0) is 25.6 Å². The fraction of sp³-hybridized carbons (Fsp3) is 0.667. The zero-order valence-corrected chi connectivity index (χ0v) is 22.7. The Labute approximate surface area is 228 Å². The van der Waals surface area contributed by atoms with Crippen LogP contribution in [0.1, 0.15) is 58.1 Å². The van der Waals surface area contributed by atoms with Gasteiger partial charge in [0.25, 0.3) is 0 Å². The van der Waals surface area contributed by atoms with Gasteiger partial charge in [-0.15, -0.1) is 0 Å². The number of unbranched alkanes of at least 4 members (excludes halogenated alkanes) is 1. The van der Waals surface area contributed by atoms with Crippen LogP contribution in [0, 0.1) is 5.92 Å². The Bertz CT molecular complexity index is 934. The second kappa shape index (κ2) is 17.7. The maximum absolute atomic E-state index is 13.3. The van der Waals surface area contributed by atoms with E-state index in [0.717, 1.165) is 0 Å². The smallest absolute Gasteiger partial charge is 0.326 e. The van der Waals surface area contributed by atoms with Gasteiger partial charge in [0.1, 0.15) is 18.1 Å². The Hall–Kier alpha value is -3.72. The van der Waals surface area contributed by atoms with Crippen molar-refractivity contribution in [2.24, 2.45) is 33.8 Å². The zero-order chi connectivity index (χ0) is 29.4. The summed E-state index contributed by atoms with van der Waals surface area (Å²) in [5, 5.41) is 17.4. The average molecular weight is 553 g/mol. The molecule has 1 aromatic rings. The van der Waals surface area contributed by atoms with Gasteiger partial charge in [0, 0.05) is 24.9 Å². The molecule has 1 rings (SSSR count). The number of carbonyl (C=O) groups excluding carboxylic acids is 3. The van der Waals surface area contributed by atoms with Crippen molar-refractivity contribution >= 4 is 29.7 Å². The summed E-state index contributed by atoms with van der Waals surface area (Å²) in [7, 11) is 0. The summed E-state index contributed by atoms with van der Waals surface area (Å²) in [6, 6.07) is -4.18. The SMILES string of the molecule is CC(C)CC(N)C(=O)NC(CCCN=C(N)N)C(=O)NC(Cc1cnc[nH]1)C(=O)NC(CCCCN)C(=O)O. The van der Waals surface area contributed by atoms with E-state index in [0.29, 0.717) is 37.9 Å². The van der Waals surface area contributed by atoms with Crippen molar-refractivity contribution in [2.75, 3.05) is 13.1 Å². The molecule has 0 aromatic carbocycles. The van der Waals surface area contributed by atoms with Gasteiger partial charge < -0.3 is 49.0 Å². The quantitative estimate of drug-likeness (QED) is 0.0519. The minimum absolute atomic E-state index is 0.00818. The number of aliphatic imine (C=N–C) groups is 1. The van der Waals surface area contributed by atoms with Crippen molar-refractivity contribution in [2.45, 2.75) is 83.0 Å². The van der Waals surface area contributed by atoms with Gasteiger partial charge in [0.15, 0.2) is 5.96 Å². The molecule has 0 aliphatic heterocycles. The van der Waals surface area contributed by atoms with Crippen molar-refractivity contribution in [3.05, 3.63) is 18.2 Å². The lowest BCUT2D eigenvalue weighted by molar-refractivity contribution is -0.142. The van der Waals surface area contributed by atoms with Crippen LogP contribution in [0.3, 0.4) is 0 Å². The van der Waals surface area contributed by atoms with Crippen LogP contribution < -0.4 is 38.9 Å². The fourth-order valence-electron chi connectivity index (χ4n) is 3.79. The number of nitrogens with two attached hydrogens (primary N) is 4. The topological polar surface area (TPSA) is 270 Å².